The zero-order chi connectivity index (χ0) is 14.2. The molecule has 2 rings (SSSR count). The second kappa shape index (κ2) is 5.36. The minimum atomic E-state index is -0.561. The van der Waals surface area contributed by atoms with Crippen LogP contribution in [0.2, 0.25) is 0 Å². The molecule has 1 fully saturated rings. The molecule has 2 amide bonds. The summed E-state index contributed by atoms with van der Waals surface area (Å²) in [5, 5.41) is 5.54. The first-order valence-electron chi connectivity index (χ1n) is 6.27. The normalized spacial score (nSPS) is 16.0. The second-order valence-electron chi connectivity index (χ2n) is 4.88. The van der Waals surface area contributed by atoms with Gasteiger partial charge in [0, 0.05) is 6.04 Å². The van der Waals surface area contributed by atoms with Crippen LogP contribution < -0.4 is 10.6 Å². The maximum Gasteiger partial charge on any atom is 0.256 e. The highest BCUT2D eigenvalue weighted by atomic mass is 79.9. The van der Waals surface area contributed by atoms with Gasteiger partial charge in [-0.3, -0.25) is 9.59 Å². The summed E-state index contributed by atoms with van der Waals surface area (Å²) in [6, 6.07) is -0.272. The van der Waals surface area contributed by atoms with Crippen molar-refractivity contribution in [3.8, 4) is 0 Å². The zero-order valence-corrected chi connectivity index (χ0v) is 12.8. The van der Waals surface area contributed by atoms with Crippen LogP contribution in [0.4, 0.5) is 0 Å². The molecule has 1 aromatic heterocycles. The predicted molar refractivity (Wildman–Crippen MR) is 74.0 cm³/mol. The number of hydrogen-bond acceptors (Lipinski definition) is 3. The molecule has 1 unspecified atom stereocenters. The fourth-order valence-electron chi connectivity index (χ4n) is 1.80. The van der Waals surface area contributed by atoms with Gasteiger partial charge in [0.05, 0.1) is 10.0 Å². The van der Waals surface area contributed by atoms with Gasteiger partial charge in [-0.2, -0.15) is 0 Å². The van der Waals surface area contributed by atoms with Gasteiger partial charge in [-0.25, -0.2) is 0 Å². The molecule has 1 aliphatic carbocycles. The van der Waals surface area contributed by atoms with Gasteiger partial charge < -0.3 is 15.1 Å². The van der Waals surface area contributed by atoms with Crippen LogP contribution in [0.5, 0.6) is 0 Å². The van der Waals surface area contributed by atoms with Gasteiger partial charge in [0.25, 0.3) is 5.91 Å². The van der Waals surface area contributed by atoms with Crippen LogP contribution in [0.15, 0.2) is 8.89 Å². The smallest absolute Gasteiger partial charge is 0.256 e. The molecule has 0 saturated heterocycles. The number of nitrogens with one attached hydrogen (secondary N) is 2. The summed E-state index contributed by atoms with van der Waals surface area (Å²) in [4.78, 5) is 23.9. The van der Waals surface area contributed by atoms with Crippen molar-refractivity contribution in [2.24, 2.45) is 0 Å². The molecule has 2 N–H and O–H groups in total. The van der Waals surface area contributed by atoms with Gasteiger partial charge in [0.1, 0.15) is 17.6 Å². The van der Waals surface area contributed by atoms with E-state index in [1.807, 2.05) is 0 Å². The van der Waals surface area contributed by atoms with Crippen LogP contribution in [0.25, 0.3) is 0 Å². The summed E-state index contributed by atoms with van der Waals surface area (Å²) in [6.07, 6.45) is 2.05. The standard InChI is InChI=1S/C13H17BrN2O3/c1-6(12(17)16-9-4-5-9)15-13(18)10-7(2)19-8(3)11(10)14/h6,9H,4-5H2,1-3H3,(H,15,18)(H,16,17). The molecule has 0 aromatic carbocycles. The number of halogens is 1. The summed E-state index contributed by atoms with van der Waals surface area (Å²) in [6.45, 7) is 5.17. The fraction of sp³-hybridized carbons (Fsp3) is 0.538. The molecule has 1 saturated carbocycles. The van der Waals surface area contributed by atoms with E-state index in [4.69, 9.17) is 4.42 Å². The summed E-state index contributed by atoms with van der Waals surface area (Å²) >= 11 is 3.32. The topological polar surface area (TPSA) is 71.3 Å². The molecule has 0 spiro atoms. The SMILES string of the molecule is Cc1oc(C)c(C(=O)NC(C)C(=O)NC2CC2)c1Br. The van der Waals surface area contributed by atoms with Crippen LogP contribution in [0, 0.1) is 13.8 Å². The van der Waals surface area contributed by atoms with Gasteiger partial charge in [-0.05, 0) is 49.5 Å². The lowest BCUT2D eigenvalue weighted by Gasteiger charge is -2.13. The van der Waals surface area contributed by atoms with Crippen molar-refractivity contribution in [1.29, 1.82) is 0 Å². The van der Waals surface area contributed by atoms with Crippen molar-refractivity contribution in [2.45, 2.75) is 45.7 Å². The van der Waals surface area contributed by atoms with E-state index in [0.717, 1.165) is 12.8 Å². The van der Waals surface area contributed by atoms with Gasteiger partial charge in [0.2, 0.25) is 5.91 Å². The highest BCUT2D eigenvalue weighted by Crippen LogP contribution is 2.27. The average Bonchev–Trinajstić information content (AvgIpc) is 3.08. The third-order valence-electron chi connectivity index (χ3n) is 3.08. The molecule has 0 bridgehead atoms. The highest BCUT2D eigenvalue weighted by Gasteiger charge is 2.27. The first-order chi connectivity index (χ1) is 8.90. The molecular weight excluding hydrogens is 312 g/mol. The molecule has 1 atom stereocenters. The minimum absolute atomic E-state index is 0.148. The van der Waals surface area contributed by atoms with Crippen LogP contribution >= 0.6 is 15.9 Å². The van der Waals surface area contributed by atoms with Gasteiger partial charge >= 0.3 is 0 Å². The Labute approximate surface area is 120 Å². The molecule has 6 heteroatoms. The number of amides is 2. The number of furan rings is 1. The summed E-state index contributed by atoms with van der Waals surface area (Å²) in [7, 11) is 0. The van der Waals surface area contributed by atoms with Crippen LogP contribution in [0.1, 0.15) is 41.6 Å². The zero-order valence-electron chi connectivity index (χ0n) is 11.2. The van der Waals surface area contributed by atoms with E-state index in [1.54, 1.807) is 20.8 Å². The minimum Gasteiger partial charge on any atom is -0.465 e. The maximum atomic E-state index is 12.1. The molecule has 0 aliphatic heterocycles. The van der Waals surface area contributed by atoms with Crippen molar-refractivity contribution in [3.05, 3.63) is 21.6 Å². The average molecular weight is 329 g/mol. The van der Waals surface area contributed by atoms with E-state index >= 15 is 0 Å². The quantitative estimate of drug-likeness (QED) is 0.888. The molecule has 1 aliphatic rings. The fourth-order valence-corrected chi connectivity index (χ4v) is 2.34. The van der Waals surface area contributed by atoms with E-state index in [9.17, 15) is 9.59 Å². The first-order valence-corrected chi connectivity index (χ1v) is 7.06. The maximum absolute atomic E-state index is 12.1. The van der Waals surface area contributed by atoms with Gasteiger partial charge in [-0.1, -0.05) is 0 Å². The van der Waals surface area contributed by atoms with Gasteiger partial charge in [-0.15, -0.1) is 0 Å². The number of carbonyl (C=O) groups excluding carboxylic acids is 2. The van der Waals surface area contributed by atoms with E-state index < -0.39 is 6.04 Å². The van der Waals surface area contributed by atoms with E-state index in [0.29, 0.717) is 21.6 Å². The predicted octanol–water partition coefficient (Wildman–Crippen LogP) is 2.06. The van der Waals surface area contributed by atoms with Crippen LogP contribution in [-0.4, -0.2) is 23.9 Å². The lowest BCUT2D eigenvalue weighted by Crippen LogP contribution is -2.45. The Kier molecular flexibility index (Phi) is 3.99. The van der Waals surface area contributed by atoms with Crippen molar-refractivity contribution >= 4 is 27.7 Å². The molecule has 5 nitrogen and oxygen atoms in total. The highest BCUT2D eigenvalue weighted by molar-refractivity contribution is 9.10. The number of carbonyl (C=O) groups is 2. The van der Waals surface area contributed by atoms with Crippen molar-refractivity contribution in [1.82, 2.24) is 10.6 Å². The number of aryl methyl sites for hydroxylation is 2. The Morgan fingerprint density at radius 3 is 2.42 bits per heavy atom. The van der Waals surface area contributed by atoms with E-state index in [2.05, 4.69) is 26.6 Å². The molecule has 0 radical (unpaired) electrons. The van der Waals surface area contributed by atoms with Crippen LogP contribution in [0.3, 0.4) is 0 Å². The molecule has 104 valence electrons. The largest absolute Gasteiger partial charge is 0.465 e. The van der Waals surface area contributed by atoms with Crippen molar-refractivity contribution in [2.75, 3.05) is 0 Å². The monoisotopic (exact) mass is 328 g/mol. The summed E-state index contributed by atoms with van der Waals surface area (Å²) in [5.74, 6) is 0.735. The molecule has 1 aromatic rings. The Bertz CT molecular complexity index is 520. The van der Waals surface area contributed by atoms with Crippen LogP contribution in [-0.2, 0) is 4.79 Å². The summed E-state index contributed by atoms with van der Waals surface area (Å²) < 4.78 is 6.01. The molecule has 19 heavy (non-hydrogen) atoms. The van der Waals surface area contributed by atoms with Crippen molar-refractivity contribution in [3.63, 3.8) is 0 Å². The van der Waals surface area contributed by atoms with Crippen molar-refractivity contribution < 1.29 is 14.0 Å². The molecule has 1 heterocycles. The Morgan fingerprint density at radius 2 is 1.95 bits per heavy atom. The van der Waals surface area contributed by atoms with E-state index in [1.165, 1.54) is 0 Å². The number of hydrogen-bond donors (Lipinski definition) is 2. The lowest BCUT2D eigenvalue weighted by molar-refractivity contribution is -0.122. The third kappa shape index (κ3) is 3.18. The lowest BCUT2D eigenvalue weighted by atomic mass is 10.2. The third-order valence-corrected chi connectivity index (χ3v) is 4.03. The Morgan fingerprint density at radius 1 is 1.32 bits per heavy atom. The van der Waals surface area contributed by atoms with Gasteiger partial charge in [0.15, 0.2) is 0 Å². The first kappa shape index (κ1) is 14.1. The number of rotatable bonds is 4. The van der Waals surface area contributed by atoms with E-state index in [-0.39, 0.29) is 17.9 Å². The summed E-state index contributed by atoms with van der Waals surface area (Å²) in [5.41, 5.74) is 0.448. The Hall–Kier alpha value is -1.30. The second-order valence-corrected chi connectivity index (χ2v) is 5.67. The Balaban J connectivity index is 2.01. The molecular formula is C13H17BrN2O3.